The minimum absolute atomic E-state index is 0.753. The van der Waals surface area contributed by atoms with E-state index in [-0.39, 0.29) is 0 Å². The van der Waals surface area contributed by atoms with Crippen LogP contribution < -0.4 is 5.32 Å². The van der Waals surface area contributed by atoms with E-state index in [1.165, 1.54) is 25.1 Å². The molecule has 8 heavy (non-hydrogen) atoms. The van der Waals surface area contributed by atoms with Gasteiger partial charge in [-0.1, -0.05) is 6.92 Å². The highest BCUT2D eigenvalue weighted by Gasteiger charge is 2.08. The smallest absolute Gasteiger partial charge is 0.0529 e. The highest BCUT2D eigenvalue weighted by atomic mass is 32.2. The first kappa shape index (κ1) is 6.43. The van der Waals surface area contributed by atoms with Gasteiger partial charge in [-0.05, 0) is 25.1 Å². The molecule has 0 aromatic heterocycles. The number of hydrogen-bond acceptors (Lipinski definition) is 2. The molecule has 0 bridgehead atoms. The SMILES string of the molecule is CC[C@@H]1NCCCS1. The van der Waals surface area contributed by atoms with E-state index >= 15 is 0 Å². The zero-order valence-electron chi connectivity index (χ0n) is 5.31. The minimum atomic E-state index is 0.753. The van der Waals surface area contributed by atoms with Gasteiger partial charge in [0.1, 0.15) is 0 Å². The first-order chi connectivity index (χ1) is 3.93. The van der Waals surface area contributed by atoms with Crippen LogP contribution in [0.15, 0.2) is 0 Å². The van der Waals surface area contributed by atoms with E-state index in [0.29, 0.717) is 0 Å². The summed E-state index contributed by atoms with van der Waals surface area (Å²) >= 11 is 2.05. The van der Waals surface area contributed by atoms with Gasteiger partial charge in [0.05, 0.1) is 5.37 Å². The quantitative estimate of drug-likeness (QED) is 0.578. The van der Waals surface area contributed by atoms with Gasteiger partial charge in [-0.3, -0.25) is 0 Å². The number of nitrogens with one attached hydrogen (secondary N) is 1. The van der Waals surface area contributed by atoms with E-state index in [4.69, 9.17) is 0 Å². The summed E-state index contributed by atoms with van der Waals surface area (Å²) in [6, 6.07) is 0. The average molecular weight is 131 g/mol. The van der Waals surface area contributed by atoms with Crippen LogP contribution >= 0.6 is 11.8 Å². The first-order valence-electron chi connectivity index (χ1n) is 3.28. The molecule has 0 radical (unpaired) electrons. The Kier molecular flexibility index (Phi) is 2.70. The summed E-state index contributed by atoms with van der Waals surface area (Å²) in [5.74, 6) is 1.35. The molecule has 1 fully saturated rings. The third-order valence-corrected chi connectivity index (χ3v) is 2.81. The van der Waals surface area contributed by atoms with Gasteiger partial charge in [0.2, 0.25) is 0 Å². The molecule has 1 N–H and O–H groups in total. The Morgan fingerprint density at radius 2 is 2.62 bits per heavy atom. The molecule has 1 heterocycles. The molecule has 0 aliphatic carbocycles. The second-order valence-corrected chi connectivity index (χ2v) is 3.39. The van der Waals surface area contributed by atoms with Crippen molar-refractivity contribution < 1.29 is 0 Å². The molecule has 48 valence electrons. The Morgan fingerprint density at radius 3 is 3.00 bits per heavy atom. The highest BCUT2D eigenvalue weighted by molar-refractivity contribution is 7.99. The van der Waals surface area contributed by atoms with Gasteiger partial charge < -0.3 is 5.32 Å². The number of thioether (sulfide) groups is 1. The van der Waals surface area contributed by atoms with Crippen molar-refractivity contribution in [3.05, 3.63) is 0 Å². The Hall–Kier alpha value is 0.310. The van der Waals surface area contributed by atoms with Gasteiger partial charge in [-0.15, -0.1) is 11.8 Å². The van der Waals surface area contributed by atoms with Gasteiger partial charge in [0.15, 0.2) is 0 Å². The fourth-order valence-corrected chi connectivity index (χ4v) is 1.95. The van der Waals surface area contributed by atoms with Crippen LogP contribution in [-0.4, -0.2) is 17.7 Å². The molecule has 0 spiro atoms. The highest BCUT2D eigenvalue weighted by Crippen LogP contribution is 2.15. The van der Waals surface area contributed by atoms with E-state index in [1.54, 1.807) is 0 Å². The molecule has 0 saturated carbocycles. The topological polar surface area (TPSA) is 12.0 Å². The monoisotopic (exact) mass is 131 g/mol. The van der Waals surface area contributed by atoms with Gasteiger partial charge in [0.25, 0.3) is 0 Å². The van der Waals surface area contributed by atoms with Crippen LogP contribution in [0, 0.1) is 0 Å². The van der Waals surface area contributed by atoms with Crippen LogP contribution in [0.4, 0.5) is 0 Å². The molecule has 1 aliphatic heterocycles. The van der Waals surface area contributed by atoms with Gasteiger partial charge in [-0.2, -0.15) is 0 Å². The maximum Gasteiger partial charge on any atom is 0.0529 e. The van der Waals surface area contributed by atoms with Gasteiger partial charge >= 0.3 is 0 Å². The molecule has 1 atom stereocenters. The molecule has 1 aliphatic rings. The molecular formula is C6H13NS. The van der Waals surface area contributed by atoms with Crippen LogP contribution in [0.25, 0.3) is 0 Å². The largest absolute Gasteiger partial charge is 0.305 e. The lowest BCUT2D eigenvalue weighted by atomic mass is 10.4. The molecular weight excluding hydrogens is 118 g/mol. The van der Waals surface area contributed by atoms with Crippen molar-refractivity contribution in [1.29, 1.82) is 0 Å². The molecule has 0 aromatic carbocycles. The Morgan fingerprint density at radius 1 is 1.75 bits per heavy atom. The van der Waals surface area contributed by atoms with Crippen molar-refractivity contribution in [2.75, 3.05) is 12.3 Å². The second kappa shape index (κ2) is 3.36. The summed E-state index contributed by atoms with van der Waals surface area (Å²) in [6.07, 6.45) is 2.62. The number of hydrogen-bond donors (Lipinski definition) is 1. The van der Waals surface area contributed by atoms with E-state index in [9.17, 15) is 0 Å². The third kappa shape index (κ3) is 1.67. The normalized spacial score (nSPS) is 30.4. The van der Waals surface area contributed by atoms with Crippen LogP contribution in [-0.2, 0) is 0 Å². The molecule has 2 heteroatoms. The summed E-state index contributed by atoms with van der Waals surface area (Å²) < 4.78 is 0. The molecule has 1 nitrogen and oxygen atoms in total. The maximum absolute atomic E-state index is 3.43. The summed E-state index contributed by atoms with van der Waals surface area (Å²) in [6.45, 7) is 3.46. The van der Waals surface area contributed by atoms with Crippen molar-refractivity contribution in [2.24, 2.45) is 0 Å². The van der Waals surface area contributed by atoms with Crippen LogP contribution in [0.1, 0.15) is 19.8 Å². The standard InChI is InChI=1S/C6H13NS/c1-2-6-7-4-3-5-8-6/h6-7H,2-5H2,1H3/t6-/m1/s1. The van der Waals surface area contributed by atoms with E-state index < -0.39 is 0 Å². The zero-order chi connectivity index (χ0) is 5.82. The first-order valence-corrected chi connectivity index (χ1v) is 4.33. The van der Waals surface area contributed by atoms with Crippen LogP contribution in [0.2, 0.25) is 0 Å². The van der Waals surface area contributed by atoms with Crippen molar-refractivity contribution in [3.8, 4) is 0 Å². The fraction of sp³-hybridized carbons (Fsp3) is 1.00. The molecule has 1 saturated heterocycles. The van der Waals surface area contributed by atoms with Crippen molar-refractivity contribution in [3.63, 3.8) is 0 Å². The lowest BCUT2D eigenvalue weighted by molar-refractivity contribution is 0.607. The van der Waals surface area contributed by atoms with Gasteiger partial charge in [-0.25, -0.2) is 0 Å². The average Bonchev–Trinajstić information content (AvgIpc) is 1.90. The van der Waals surface area contributed by atoms with E-state index in [2.05, 4.69) is 24.0 Å². The van der Waals surface area contributed by atoms with Crippen molar-refractivity contribution in [2.45, 2.75) is 25.1 Å². The molecule has 0 aromatic rings. The summed E-state index contributed by atoms with van der Waals surface area (Å²) in [7, 11) is 0. The zero-order valence-corrected chi connectivity index (χ0v) is 6.13. The van der Waals surface area contributed by atoms with Crippen molar-refractivity contribution in [1.82, 2.24) is 5.32 Å². The van der Waals surface area contributed by atoms with Crippen molar-refractivity contribution >= 4 is 11.8 Å². The van der Waals surface area contributed by atoms with Crippen LogP contribution in [0.3, 0.4) is 0 Å². The van der Waals surface area contributed by atoms with Gasteiger partial charge in [0, 0.05) is 0 Å². The predicted octanol–water partition coefficient (Wildman–Crippen LogP) is 1.45. The Bertz CT molecular complexity index is 59.5. The Balaban J connectivity index is 2.13. The summed E-state index contributed by atoms with van der Waals surface area (Å²) in [5, 5.41) is 4.19. The number of rotatable bonds is 1. The fourth-order valence-electron chi connectivity index (χ4n) is 0.882. The van der Waals surface area contributed by atoms with Crippen LogP contribution in [0.5, 0.6) is 0 Å². The molecule has 0 unspecified atom stereocenters. The third-order valence-electron chi connectivity index (χ3n) is 1.38. The van der Waals surface area contributed by atoms with E-state index in [1.807, 2.05) is 0 Å². The second-order valence-electron chi connectivity index (χ2n) is 2.08. The lowest BCUT2D eigenvalue weighted by Gasteiger charge is -2.20. The van der Waals surface area contributed by atoms with E-state index in [0.717, 1.165) is 5.37 Å². The summed E-state index contributed by atoms with van der Waals surface area (Å²) in [4.78, 5) is 0. The lowest BCUT2D eigenvalue weighted by Crippen LogP contribution is -2.30. The maximum atomic E-state index is 3.43. The minimum Gasteiger partial charge on any atom is -0.305 e. The molecule has 0 amide bonds. The molecule has 1 rings (SSSR count). The summed E-state index contributed by atoms with van der Waals surface area (Å²) in [5.41, 5.74) is 0. The predicted molar refractivity (Wildman–Crippen MR) is 39.2 cm³/mol. The Labute approximate surface area is 55.2 Å².